The van der Waals surface area contributed by atoms with Crippen molar-refractivity contribution in [1.29, 1.82) is 0 Å². The van der Waals surface area contributed by atoms with Crippen LogP contribution in [0.1, 0.15) is 75.6 Å². The fourth-order valence-corrected chi connectivity index (χ4v) is 7.14. The Morgan fingerprint density at radius 2 is 1.49 bits per heavy atom. The van der Waals surface area contributed by atoms with Gasteiger partial charge in [0.25, 0.3) is 22.9 Å². The number of unbranched alkanes of at least 4 members (excludes halogenated alkanes) is 1. The third-order valence-corrected chi connectivity index (χ3v) is 10.3. The Morgan fingerprint density at radius 1 is 0.729 bits per heavy atom. The van der Waals surface area contributed by atoms with Gasteiger partial charge in [-0.1, -0.05) is 61.9 Å². The number of aromatic nitrogens is 2. The zero-order chi connectivity index (χ0) is 41.3. The van der Waals surface area contributed by atoms with Gasteiger partial charge in [0, 0.05) is 28.8 Å². The molecular weight excluding hydrogens is 748 g/mol. The molecule has 3 aromatic carbocycles. The van der Waals surface area contributed by atoms with Crippen molar-refractivity contribution in [2.45, 2.75) is 59.2 Å². The maximum Gasteiger partial charge on any atom is 0.290 e. The van der Waals surface area contributed by atoms with Crippen LogP contribution in [0.3, 0.4) is 0 Å². The molecule has 0 aliphatic carbocycles. The lowest BCUT2D eigenvalue weighted by Crippen LogP contribution is -2.34. The fraction of sp³-hybridized carbons (Fsp3) is 0.208. The molecule has 0 fully saturated rings. The van der Waals surface area contributed by atoms with E-state index in [1.165, 1.54) is 35.6 Å². The van der Waals surface area contributed by atoms with E-state index in [9.17, 15) is 23.6 Å². The Balaban J connectivity index is 1.11. The van der Waals surface area contributed by atoms with Crippen LogP contribution >= 0.6 is 0 Å². The zero-order valence-electron chi connectivity index (χ0n) is 33.0. The van der Waals surface area contributed by atoms with Gasteiger partial charge in [-0.15, -0.1) is 0 Å². The predicted octanol–water partition coefficient (Wildman–Crippen LogP) is 9.27. The summed E-state index contributed by atoms with van der Waals surface area (Å²) in [6.45, 7) is 4.50. The molecule has 11 heteroatoms. The summed E-state index contributed by atoms with van der Waals surface area (Å²) in [4.78, 5) is 63.2. The number of para-hydroxylation sites is 1. The van der Waals surface area contributed by atoms with Gasteiger partial charge in [-0.25, -0.2) is 4.39 Å². The molecule has 0 radical (unpaired) electrons. The van der Waals surface area contributed by atoms with E-state index in [0.29, 0.717) is 47.3 Å². The molecule has 0 saturated carbocycles. The second-order valence-corrected chi connectivity index (χ2v) is 14.5. The van der Waals surface area contributed by atoms with Crippen molar-refractivity contribution in [2.75, 3.05) is 6.54 Å². The van der Waals surface area contributed by atoms with Crippen LogP contribution in [0.2, 0.25) is 0 Å². The van der Waals surface area contributed by atoms with Crippen LogP contribution in [0.4, 0.5) is 4.39 Å². The van der Waals surface area contributed by atoms with Gasteiger partial charge in [0.2, 0.25) is 0 Å². The van der Waals surface area contributed by atoms with Crippen LogP contribution in [0.5, 0.6) is 0 Å². The summed E-state index contributed by atoms with van der Waals surface area (Å²) < 4.78 is 25.0. The van der Waals surface area contributed by atoms with Gasteiger partial charge in [-0.2, -0.15) is 0 Å². The number of amides is 2. The van der Waals surface area contributed by atoms with Gasteiger partial charge in [0.05, 0.1) is 37.7 Å². The molecule has 0 bridgehead atoms. The van der Waals surface area contributed by atoms with Crippen LogP contribution in [0.25, 0.3) is 21.8 Å². The summed E-state index contributed by atoms with van der Waals surface area (Å²) in [6.07, 6.45) is 12.2. The van der Waals surface area contributed by atoms with E-state index in [1.807, 2.05) is 61.5 Å². The molecule has 59 heavy (non-hydrogen) atoms. The summed E-state index contributed by atoms with van der Waals surface area (Å²) >= 11 is 0. The number of aryl methyl sites for hydroxylation is 2. The molecule has 0 aliphatic rings. The van der Waals surface area contributed by atoms with E-state index < -0.39 is 11.7 Å². The van der Waals surface area contributed by atoms with Gasteiger partial charge in [0.15, 0.2) is 5.76 Å². The number of nitrogens with zero attached hydrogens (tertiary/aromatic N) is 2. The first-order valence-corrected chi connectivity index (χ1v) is 19.7. The van der Waals surface area contributed by atoms with Crippen molar-refractivity contribution in [2.24, 2.45) is 0 Å². The minimum Gasteiger partial charge on any atom is -0.467 e. The van der Waals surface area contributed by atoms with Gasteiger partial charge in [0.1, 0.15) is 11.6 Å². The number of H-pyrrole nitrogens is 2. The van der Waals surface area contributed by atoms with Crippen LogP contribution in [0, 0.1) is 5.82 Å². The van der Waals surface area contributed by atoms with Crippen molar-refractivity contribution in [3.63, 3.8) is 0 Å². The molecule has 0 spiro atoms. The van der Waals surface area contributed by atoms with E-state index in [1.54, 1.807) is 41.3 Å². The molecule has 4 heterocycles. The van der Waals surface area contributed by atoms with Gasteiger partial charge in [-0.3, -0.25) is 19.2 Å². The number of carbonyl (C=O) groups excluding carboxylic acids is 2. The average molecular weight is 793 g/mol. The van der Waals surface area contributed by atoms with Crippen molar-refractivity contribution in [3.05, 3.63) is 199 Å². The number of furan rings is 2. The Hall–Kier alpha value is -7.01. The molecule has 7 rings (SSSR count). The third-order valence-electron chi connectivity index (χ3n) is 10.3. The smallest absolute Gasteiger partial charge is 0.290 e. The van der Waals surface area contributed by atoms with E-state index in [-0.39, 0.29) is 48.0 Å². The van der Waals surface area contributed by atoms with Gasteiger partial charge >= 0.3 is 0 Å². The number of rotatable bonds is 16. The number of benzene rings is 3. The lowest BCUT2D eigenvalue weighted by molar-refractivity contribution is 0.0713. The Morgan fingerprint density at radius 3 is 2.24 bits per heavy atom. The highest BCUT2D eigenvalue weighted by molar-refractivity contribution is 5.94. The molecule has 0 atom stereocenters. The number of aromatic amines is 2. The summed E-state index contributed by atoms with van der Waals surface area (Å²) in [5, 5.41) is 1.64. The Bertz CT molecular complexity index is 2760. The SMILES string of the molecule is CC=C(C=CCCC)CN(Cc1cc2cc(CCc3cccc4cc(CN(Cc5ccco5)C(=O)c5cccc(F)c5)c(=O)[nH]c34)ccc2[nH]c1=O)C(=O)c1ccco1. The summed E-state index contributed by atoms with van der Waals surface area (Å²) in [5.74, 6) is -0.541. The number of nitrogens with one attached hydrogen (secondary N) is 2. The number of fused-ring (bicyclic) bond motifs is 2. The van der Waals surface area contributed by atoms with Crippen LogP contribution in [0.15, 0.2) is 152 Å². The first-order chi connectivity index (χ1) is 28.7. The fourth-order valence-electron chi connectivity index (χ4n) is 7.14. The van der Waals surface area contributed by atoms with Crippen LogP contribution in [-0.2, 0) is 32.5 Å². The topological polar surface area (TPSA) is 133 Å². The van der Waals surface area contributed by atoms with Crippen molar-refractivity contribution >= 4 is 33.6 Å². The normalized spacial score (nSPS) is 11.8. The number of pyridine rings is 2. The second-order valence-electron chi connectivity index (χ2n) is 14.5. The molecule has 10 nitrogen and oxygen atoms in total. The third kappa shape index (κ3) is 9.76. The molecule has 300 valence electrons. The molecule has 0 aliphatic heterocycles. The summed E-state index contributed by atoms with van der Waals surface area (Å²) in [7, 11) is 0. The Labute approximate surface area is 340 Å². The number of halogens is 1. The lowest BCUT2D eigenvalue weighted by Gasteiger charge is -2.22. The largest absolute Gasteiger partial charge is 0.467 e. The highest BCUT2D eigenvalue weighted by Gasteiger charge is 2.22. The van der Waals surface area contributed by atoms with Crippen LogP contribution < -0.4 is 11.1 Å². The molecule has 2 N–H and O–H groups in total. The summed E-state index contributed by atoms with van der Waals surface area (Å²) in [5.41, 5.74) is 4.70. The first-order valence-electron chi connectivity index (χ1n) is 19.7. The van der Waals surface area contributed by atoms with Crippen molar-refractivity contribution < 1.29 is 22.8 Å². The van der Waals surface area contributed by atoms with Crippen LogP contribution in [-0.4, -0.2) is 38.1 Å². The summed E-state index contributed by atoms with van der Waals surface area (Å²) in [6, 6.07) is 27.6. The molecule has 0 saturated heterocycles. The van der Waals surface area contributed by atoms with E-state index in [2.05, 4.69) is 23.0 Å². The number of carbonyl (C=O) groups is 2. The highest BCUT2D eigenvalue weighted by atomic mass is 19.1. The predicted molar refractivity (Wildman–Crippen MR) is 226 cm³/mol. The van der Waals surface area contributed by atoms with E-state index >= 15 is 0 Å². The van der Waals surface area contributed by atoms with Gasteiger partial charge < -0.3 is 28.6 Å². The average Bonchev–Trinajstić information content (AvgIpc) is 3.98. The molecule has 7 aromatic rings. The minimum absolute atomic E-state index is 0.0199. The lowest BCUT2D eigenvalue weighted by atomic mass is 9.99. The Kier molecular flexibility index (Phi) is 12.6. The monoisotopic (exact) mass is 792 g/mol. The molecule has 4 aromatic heterocycles. The standard InChI is InChI=1S/C48H45FN4O6/c1-3-5-6-11-32(4-2)28-52(48(57)43-17-10-23-59-43)29-39-26-37-24-33(19-21-42(37)50-45(39)54)18-20-34-12-7-13-35-25-38(46(55)51-44(34)35)30-53(31-41-16-9-22-58-41)47(56)36-14-8-15-40(49)27-36/h4,6-17,19,21-27H,3,5,18,20,28-31H2,1-2H3,(H,50,54)(H,51,55). The van der Waals surface area contributed by atoms with Gasteiger partial charge in [-0.05, 0) is 120 Å². The number of hydrogen-bond acceptors (Lipinski definition) is 6. The van der Waals surface area contributed by atoms with E-state index in [0.717, 1.165) is 40.3 Å². The maximum atomic E-state index is 14.1. The molecular formula is C48H45FN4O6. The maximum absolute atomic E-state index is 14.1. The molecule has 2 amide bonds. The molecule has 0 unspecified atom stereocenters. The van der Waals surface area contributed by atoms with Crippen molar-refractivity contribution in [3.8, 4) is 0 Å². The zero-order valence-corrected chi connectivity index (χ0v) is 33.0. The minimum atomic E-state index is -0.528. The highest BCUT2D eigenvalue weighted by Crippen LogP contribution is 2.23. The van der Waals surface area contributed by atoms with Crippen molar-refractivity contribution in [1.82, 2.24) is 19.8 Å². The number of allylic oxidation sites excluding steroid dienone is 2. The van der Waals surface area contributed by atoms with E-state index in [4.69, 9.17) is 8.83 Å². The quantitative estimate of drug-likeness (QED) is 0.0938. The second kappa shape index (κ2) is 18.5. The number of hydrogen-bond donors (Lipinski definition) is 2. The first kappa shape index (κ1) is 40.2.